The third-order valence-corrected chi connectivity index (χ3v) is 6.92. The van der Waals surface area contributed by atoms with Crippen molar-refractivity contribution in [1.82, 2.24) is 4.90 Å². The highest BCUT2D eigenvalue weighted by molar-refractivity contribution is 6.32. The molecule has 1 unspecified atom stereocenters. The monoisotopic (exact) mass is 513 g/mol. The summed E-state index contributed by atoms with van der Waals surface area (Å²) in [6.45, 7) is 0. The van der Waals surface area contributed by atoms with Crippen LogP contribution >= 0.6 is 11.6 Å². The number of amides is 3. The number of benzene rings is 2. The lowest BCUT2D eigenvalue weighted by molar-refractivity contribution is -0.384. The number of hydrogen-bond acceptors (Lipinski definition) is 7. The fourth-order valence-corrected chi connectivity index (χ4v) is 5.01. The van der Waals surface area contributed by atoms with E-state index in [4.69, 9.17) is 11.6 Å². The molecule has 1 atom stereocenters. The first-order chi connectivity index (χ1) is 17.2. The number of imide groups is 1. The van der Waals surface area contributed by atoms with Crippen molar-refractivity contribution in [2.75, 3.05) is 12.0 Å². The molecule has 4 rings (SSSR count). The Bertz CT molecular complexity index is 1220. The van der Waals surface area contributed by atoms with Gasteiger partial charge in [-0.1, -0.05) is 30.9 Å². The third kappa shape index (κ3) is 4.81. The molecule has 1 saturated heterocycles. The number of methoxy groups -OCH3 is 1. The van der Waals surface area contributed by atoms with E-state index in [9.17, 15) is 29.3 Å². The van der Waals surface area contributed by atoms with Crippen LogP contribution < -0.4 is 4.90 Å². The van der Waals surface area contributed by atoms with Gasteiger partial charge in [-0.15, -0.1) is 0 Å². The highest BCUT2D eigenvalue weighted by atomic mass is 35.5. The number of esters is 1. The normalized spacial score (nSPS) is 18.3. The lowest BCUT2D eigenvalue weighted by Crippen LogP contribution is -2.51. The largest absolute Gasteiger partial charge is 0.465 e. The molecule has 0 spiro atoms. The number of hydrogen-bond donors (Lipinski definition) is 0. The topological polar surface area (TPSA) is 127 Å². The summed E-state index contributed by atoms with van der Waals surface area (Å²) in [5.41, 5.74) is 0.156. The van der Waals surface area contributed by atoms with Gasteiger partial charge in [0.15, 0.2) is 0 Å². The number of rotatable bonds is 6. The summed E-state index contributed by atoms with van der Waals surface area (Å²) in [5.74, 6) is -2.15. The lowest BCUT2D eigenvalue weighted by Gasteiger charge is -2.37. The average Bonchev–Trinajstić information content (AvgIpc) is 3.17. The Morgan fingerprint density at radius 1 is 1.06 bits per heavy atom. The first-order valence-electron chi connectivity index (χ1n) is 11.5. The van der Waals surface area contributed by atoms with Gasteiger partial charge < -0.3 is 9.64 Å². The van der Waals surface area contributed by atoms with Crippen LogP contribution in [0.3, 0.4) is 0 Å². The summed E-state index contributed by atoms with van der Waals surface area (Å²) in [5, 5.41) is 11.3. The molecule has 0 aromatic heterocycles. The highest BCUT2D eigenvalue weighted by Crippen LogP contribution is 2.33. The molecular formula is C25H24ClN3O7. The Balaban J connectivity index is 1.68. The van der Waals surface area contributed by atoms with Gasteiger partial charge in [-0.3, -0.25) is 24.5 Å². The van der Waals surface area contributed by atoms with E-state index in [-0.39, 0.29) is 34.3 Å². The number of nitro benzene ring substituents is 1. The lowest BCUT2D eigenvalue weighted by atomic mass is 9.92. The summed E-state index contributed by atoms with van der Waals surface area (Å²) < 4.78 is 4.68. The fourth-order valence-electron chi connectivity index (χ4n) is 4.82. The smallest absolute Gasteiger partial charge is 0.337 e. The van der Waals surface area contributed by atoms with Crippen LogP contribution in [0.25, 0.3) is 0 Å². The minimum Gasteiger partial charge on any atom is -0.465 e. The molecule has 1 saturated carbocycles. The van der Waals surface area contributed by atoms with Crippen molar-refractivity contribution in [2.45, 2.75) is 50.6 Å². The second-order valence-electron chi connectivity index (χ2n) is 8.75. The fraction of sp³-hybridized carbons (Fsp3) is 0.360. The molecule has 1 aliphatic heterocycles. The summed E-state index contributed by atoms with van der Waals surface area (Å²) >= 11 is 5.92. The molecule has 2 fully saturated rings. The Hall–Kier alpha value is -3.79. The maximum Gasteiger partial charge on any atom is 0.337 e. The number of nitro groups is 1. The number of anilines is 1. The maximum absolute atomic E-state index is 13.7. The van der Waals surface area contributed by atoms with Gasteiger partial charge in [0, 0.05) is 17.7 Å². The molecule has 2 aromatic rings. The Kier molecular flexibility index (Phi) is 7.35. The van der Waals surface area contributed by atoms with Gasteiger partial charge in [0.25, 0.3) is 17.5 Å². The van der Waals surface area contributed by atoms with E-state index in [1.807, 2.05) is 0 Å². The molecule has 0 N–H and O–H groups in total. The highest BCUT2D eigenvalue weighted by Gasteiger charge is 2.47. The molecule has 11 heteroatoms. The van der Waals surface area contributed by atoms with Crippen molar-refractivity contribution in [1.29, 1.82) is 0 Å². The van der Waals surface area contributed by atoms with Gasteiger partial charge >= 0.3 is 5.97 Å². The van der Waals surface area contributed by atoms with Gasteiger partial charge in [-0.05, 0) is 49.2 Å². The van der Waals surface area contributed by atoms with E-state index in [2.05, 4.69) is 4.74 Å². The first kappa shape index (κ1) is 25.3. The Morgan fingerprint density at radius 3 is 2.31 bits per heavy atom. The molecular weight excluding hydrogens is 490 g/mol. The molecule has 2 aromatic carbocycles. The van der Waals surface area contributed by atoms with Crippen LogP contribution in [0.15, 0.2) is 42.5 Å². The van der Waals surface area contributed by atoms with Crippen molar-refractivity contribution in [2.24, 2.45) is 0 Å². The van der Waals surface area contributed by atoms with Crippen molar-refractivity contribution in [3.63, 3.8) is 0 Å². The van der Waals surface area contributed by atoms with E-state index in [0.717, 1.165) is 30.2 Å². The van der Waals surface area contributed by atoms with E-state index in [0.29, 0.717) is 12.8 Å². The van der Waals surface area contributed by atoms with Crippen molar-refractivity contribution >= 4 is 46.7 Å². The average molecular weight is 514 g/mol. The summed E-state index contributed by atoms with van der Waals surface area (Å²) in [6, 6.07) is 8.27. The molecule has 2 aliphatic rings. The van der Waals surface area contributed by atoms with Crippen LogP contribution in [0.5, 0.6) is 0 Å². The quantitative estimate of drug-likeness (QED) is 0.246. The van der Waals surface area contributed by atoms with Crippen molar-refractivity contribution in [3.05, 3.63) is 68.7 Å². The minimum absolute atomic E-state index is 0.0257. The van der Waals surface area contributed by atoms with Gasteiger partial charge in [0.05, 0.1) is 29.7 Å². The van der Waals surface area contributed by atoms with E-state index >= 15 is 0 Å². The minimum atomic E-state index is -1.05. The predicted molar refractivity (Wildman–Crippen MR) is 130 cm³/mol. The number of carbonyl (C=O) groups is 4. The van der Waals surface area contributed by atoms with Gasteiger partial charge in [0.2, 0.25) is 5.91 Å². The first-order valence-corrected chi connectivity index (χ1v) is 11.9. The third-order valence-electron chi connectivity index (χ3n) is 6.60. The number of halogens is 1. The van der Waals surface area contributed by atoms with E-state index in [1.165, 1.54) is 48.4 Å². The predicted octanol–water partition coefficient (Wildman–Crippen LogP) is 4.14. The number of nitrogens with zero attached hydrogens (tertiary/aromatic N) is 3. The van der Waals surface area contributed by atoms with Gasteiger partial charge in [-0.25, -0.2) is 9.69 Å². The second kappa shape index (κ2) is 10.4. The SMILES string of the molecule is COC(=O)c1ccc(N2C(=O)CC(N(C(=O)c3ccc(Cl)c([N+](=O)[O-])c3)C3CCCCC3)C2=O)cc1. The van der Waals surface area contributed by atoms with Crippen LogP contribution in [0.1, 0.15) is 59.2 Å². The molecule has 36 heavy (non-hydrogen) atoms. The molecule has 3 amide bonds. The molecule has 0 radical (unpaired) electrons. The zero-order chi connectivity index (χ0) is 26.0. The van der Waals surface area contributed by atoms with Crippen molar-refractivity contribution in [3.8, 4) is 0 Å². The van der Waals surface area contributed by atoms with Crippen LogP contribution in [0.4, 0.5) is 11.4 Å². The van der Waals surface area contributed by atoms with E-state index < -0.39 is 40.3 Å². The number of carbonyl (C=O) groups excluding carboxylic acids is 4. The van der Waals surface area contributed by atoms with Gasteiger partial charge in [-0.2, -0.15) is 0 Å². The van der Waals surface area contributed by atoms with Crippen LogP contribution in [-0.4, -0.2) is 52.7 Å². The molecule has 1 aliphatic carbocycles. The molecule has 1 heterocycles. The molecule has 188 valence electrons. The zero-order valence-electron chi connectivity index (χ0n) is 19.5. The summed E-state index contributed by atoms with van der Waals surface area (Å²) in [6.07, 6.45) is 3.84. The van der Waals surface area contributed by atoms with E-state index in [1.54, 1.807) is 0 Å². The van der Waals surface area contributed by atoms with Gasteiger partial charge in [0.1, 0.15) is 11.1 Å². The number of ether oxygens (including phenoxy) is 1. The second-order valence-corrected chi connectivity index (χ2v) is 9.16. The summed E-state index contributed by atoms with van der Waals surface area (Å²) in [4.78, 5) is 65.1. The zero-order valence-corrected chi connectivity index (χ0v) is 20.3. The Morgan fingerprint density at radius 2 is 1.69 bits per heavy atom. The van der Waals surface area contributed by atoms with Crippen molar-refractivity contribution < 1.29 is 28.8 Å². The summed E-state index contributed by atoms with van der Waals surface area (Å²) in [7, 11) is 1.25. The molecule has 0 bridgehead atoms. The van der Waals surface area contributed by atoms with Crippen LogP contribution in [-0.2, 0) is 14.3 Å². The van der Waals surface area contributed by atoms with Crippen LogP contribution in [0.2, 0.25) is 5.02 Å². The molecule has 10 nitrogen and oxygen atoms in total. The van der Waals surface area contributed by atoms with Crippen LogP contribution in [0, 0.1) is 10.1 Å². The maximum atomic E-state index is 13.7. The standard InChI is InChI=1S/C25H24ClN3O7/c1-36-25(33)15-7-10-18(11-8-15)28-22(30)14-21(24(28)32)27(17-5-3-2-4-6-17)23(31)16-9-12-19(26)20(13-16)29(34)35/h7-13,17,21H,2-6,14H2,1H3. The Labute approximate surface area is 211 Å².